The van der Waals surface area contributed by atoms with Crippen LogP contribution < -0.4 is 9.47 Å². The fourth-order valence-electron chi connectivity index (χ4n) is 3.70. The van der Waals surface area contributed by atoms with Gasteiger partial charge in [0, 0.05) is 23.3 Å². The molecule has 2 aromatic carbocycles. The molecule has 0 saturated carbocycles. The number of fused-ring (bicyclic) bond motifs is 1. The van der Waals surface area contributed by atoms with Crippen LogP contribution in [0.2, 0.25) is 0 Å². The van der Waals surface area contributed by atoms with Gasteiger partial charge in [0.25, 0.3) is 0 Å². The zero-order valence-corrected chi connectivity index (χ0v) is 18.3. The van der Waals surface area contributed by atoms with Crippen molar-refractivity contribution in [2.75, 3.05) is 26.1 Å². The third kappa shape index (κ3) is 4.30. The summed E-state index contributed by atoms with van der Waals surface area (Å²) in [5.41, 5.74) is 0.570. The summed E-state index contributed by atoms with van der Waals surface area (Å²) in [6.07, 6.45) is -3.80. The molecule has 0 amide bonds. The van der Waals surface area contributed by atoms with E-state index in [2.05, 4.69) is 15.3 Å². The van der Waals surface area contributed by atoms with Crippen LogP contribution in [0.3, 0.4) is 0 Å². The lowest BCUT2D eigenvalue weighted by molar-refractivity contribution is -0.137. The molecule has 7 nitrogen and oxygen atoms in total. The van der Waals surface area contributed by atoms with Gasteiger partial charge >= 0.3 is 6.18 Å². The third-order valence-corrected chi connectivity index (χ3v) is 6.25. The Kier molecular flexibility index (Phi) is 5.75. The van der Waals surface area contributed by atoms with Gasteiger partial charge in [0.2, 0.25) is 5.16 Å². The van der Waals surface area contributed by atoms with Crippen LogP contribution in [0.25, 0.3) is 11.4 Å². The van der Waals surface area contributed by atoms with Gasteiger partial charge in [-0.15, -0.1) is 10.2 Å². The second-order valence-corrected chi connectivity index (χ2v) is 8.41. The molecule has 0 radical (unpaired) electrons. The number of hydrogen-bond acceptors (Lipinski definition) is 7. The number of ether oxygens (including phenoxy) is 3. The van der Waals surface area contributed by atoms with E-state index in [9.17, 15) is 13.2 Å². The van der Waals surface area contributed by atoms with Crippen LogP contribution in [0.4, 0.5) is 13.2 Å². The van der Waals surface area contributed by atoms with Crippen molar-refractivity contribution in [2.24, 2.45) is 5.10 Å². The fraction of sp³-hybridized carbons (Fsp3) is 0.318. The van der Waals surface area contributed by atoms with Crippen LogP contribution in [-0.4, -0.2) is 52.8 Å². The molecule has 0 aliphatic carbocycles. The smallest absolute Gasteiger partial charge is 0.417 e. The van der Waals surface area contributed by atoms with Crippen molar-refractivity contribution in [3.05, 3.63) is 53.6 Å². The maximum absolute atomic E-state index is 13.6. The van der Waals surface area contributed by atoms with Crippen LogP contribution in [0.5, 0.6) is 11.5 Å². The van der Waals surface area contributed by atoms with E-state index in [-0.39, 0.29) is 17.5 Å². The molecule has 2 aliphatic rings. The SMILES string of the molecule is COc1ccc(C2=Nn3c(nnc3-c3ccccc3C(F)(F)F)SC2)cc1OC1CCOC1. The van der Waals surface area contributed by atoms with Crippen molar-refractivity contribution < 1.29 is 27.4 Å². The summed E-state index contributed by atoms with van der Waals surface area (Å²) in [5, 5.41) is 13.1. The minimum absolute atomic E-state index is 0.0377. The lowest BCUT2D eigenvalue weighted by Crippen LogP contribution is -2.18. The predicted octanol–water partition coefficient (Wildman–Crippen LogP) is 4.50. The van der Waals surface area contributed by atoms with Gasteiger partial charge in [-0.2, -0.15) is 22.9 Å². The van der Waals surface area contributed by atoms with Crippen LogP contribution in [0, 0.1) is 0 Å². The summed E-state index contributed by atoms with van der Waals surface area (Å²) in [6, 6.07) is 10.7. The largest absolute Gasteiger partial charge is 0.493 e. The van der Waals surface area contributed by atoms with Gasteiger partial charge < -0.3 is 14.2 Å². The molecule has 1 aromatic heterocycles. The number of thioether (sulfide) groups is 1. The average molecular weight is 476 g/mol. The average Bonchev–Trinajstić information content (AvgIpc) is 3.48. The Balaban J connectivity index is 1.53. The molecule has 1 unspecified atom stereocenters. The van der Waals surface area contributed by atoms with Gasteiger partial charge in [-0.05, 0) is 24.3 Å². The van der Waals surface area contributed by atoms with Gasteiger partial charge in [0.05, 0.1) is 31.6 Å². The Morgan fingerprint density at radius 1 is 1.12 bits per heavy atom. The lowest BCUT2D eigenvalue weighted by Gasteiger charge is -2.18. The number of halogens is 3. The molecule has 0 spiro atoms. The summed E-state index contributed by atoms with van der Waals surface area (Å²) < 4.78 is 58.9. The zero-order chi connectivity index (χ0) is 23.0. The molecular formula is C22H19F3N4O3S. The normalized spacial score (nSPS) is 18.1. The number of hydrogen-bond donors (Lipinski definition) is 0. The highest BCUT2D eigenvalue weighted by molar-refractivity contribution is 7.99. The number of methoxy groups -OCH3 is 1. The third-order valence-electron chi connectivity index (χ3n) is 5.32. The van der Waals surface area contributed by atoms with E-state index in [1.807, 2.05) is 12.1 Å². The summed E-state index contributed by atoms with van der Waals surface area (Å²) in [6.45, 7) is 1.16. The van der Waals surface area contributed by atoms with E-state index >= 15 is 0 Å². The molecule has 3 heterocycles. The number of alkyl halides is 3. The first kappa shape index (κ1) is 21.8. The molecule has 33 heavy (non-hydrogen) atoms. The number of rotatable bonds is 5. The number of nitrogens with zero attached hydrogens (tertiary/aromatic N) is 4. The highest BCUT2D eigenvalue weighted by Gasteiger charge is 2.35. The number of benzene rings is 2. The van der Waals surface area contributed by atoms with Crippen molar-refractivity contribution in [1.82, 2.24) is 14.9 Å². The molecule has 1 atom stereocenters. The molecule has 11 heteroatoms. The maximum Gasteiger partial charge on any atom is 0.417 e. The van der Waals surface area contributed by atoms with Gasteiger partial charge in [-0.3, -0.25) is 0 Å². The molecule has 5 rings (SSSR count). The highest BCUT2D eigenvalue weighted by atomic mass is 32.2. The quantitative estimate of drug-likeness (QED) is 0.540. The van der Waals surface area contributed by atoms with E-state index in [0.29, 0.717) is 41.3 Å². The topological polar surface area (TPSA) is 70.8 Å². The molecule has 0 bridgehead atoms. The van der Waals surface area contributed by atoms with E-state index in [1.165, 1.54) is 34.6 Å². The van der Waals surface area contributed by atoms with Crippen LogP contribution in [0.1, 0.15) is 17.5 Å². The molecule has 2 aliphatic heterocycles. The summed E-state index contributed by atoms with van der Waals surface area (Å²) in [7, 11) is 1.56. The monoisotopic (exact) mass is 476 g/mol. The van der Waals surface area contributed by atoms with E-state index in [1.54, 1.807) is 13.2 Å². The summed E-state index contributed by atoms with van der Waals surface area (Å²) in [4.78, 5) is 0. The van der Waals surface area contributed by atoms with Crippen LogP contribution in [-0.2, 0) is 10.9 Å². The summed E-state index contributed by atoms with van der Waals surface area (Å²) in [5.74, 6) is 1.67. The van der Waals surface area contributed by atoms with E-state index in [4.69, 9.17) is 14.2 Å². The minimum Gasteiger partial charge on any atom is -0.493 e. The molecule has 1 saturated heterocycles. The first-order chi connectivity index (χ1) is 15.9. The van der Waals surface area contributed by atoms with Crippen molar-refractivity contribution in [2.45, 2.75) is 23.9 Å². The first-order valence-electron chi connectivity index (χ1n) is 10.2. The van der Waals surface area contributed by atoms with E-state index < -0.39 is 11.7 Å². The fourth-order valence-corrected chi connectivity index (χ4v) is 4.53. The molecule has 0 N–H and O–H groups in total. The van der Waals surface area contributed by atoms with Gasteiger partial charge in [0.1, 0.15) is 6.10 Å². The Morgan fingerprint density at radius 2 is 1.97 bits per heavy atom. The lowest BCUT2D eigenvalue weighted by atomic mass is 10.1. The second kappa shape index (κ2) is 8.71. The Bertz CT molecular complexity index is 1210. The Morgan fingerprint density at radius 3 is 2.73 bits per heavy atom. The zero-order valence-electron chi connectivity index (χ0n) is 17.5. The van der Waals surface area contributed by atoms with Crippen molar-refractivity contribution in [1.29, 1.82) is 0 Å². The highest BCUT2D eigenvalue weighted by Crippen LogP contribution is 2.38. The predicted molar refractivity (Wildman–Crippen MR) is 116 cm³/mol. The van der Waals surface area contributed by atoms with Gasteiger partial charge in [0.15, 0.2) is 17.3 Å². The van der Waals surface area contributed by atoms with Crippen molar-refractivity contribution in [3.63, 3.8) is 0 Å². The Hall–Kier alpha value is -3.05. The molecular weight excluding hydrogens is 457 g/mol. The van der Waals surface area contributed by atoms with Gasteiger partial charge in [-0.25, -0.2) is 0 Å². The number of aromatic nitrogens is 3. The van der Waals surface area contributed by atoms with Crippen LogP contribution >= 0.6 is 11.8 Å². The van der Waals surface area contributed by atoms with Crippen LogP contribution in [0.15, 0.2) is 52.7 Å². The minimum atomic E-state index is -4.52. The Labute approximate surface area is 191 Å². The van der Waals surface area contributed by atoms with Crippen molar-refractivity contribution >= 4 is 17.5 Å². The second-order valence-electron chi connectivity index (χ2n) is 7.47. The molecule has 1 fully saturated rings. The standard InChI is InChI=1S/C22H19F3N4O3S/c1-30-18-7-6-13(10-19(18)32-14-8-9-31-11-14)17-12-33-21-27-26-20(29(21)28-17)15-4-2-3-5-16(15)22(23,24)25/h2-7,10,14H,8-9,11-12H2,1H3. The first-order valence-corrected chi connectivity index (χ1v) is 11.2. The summed E-state index contributed by atoms with van der Waals surface area (Å²) >= 11 is 1.35. The maximum atomic E-state index is 13.6. The molecule has 3 aromatic rings. The van der Waals surface area contributed by atoms with Crippen molar-refractivity contribution in [3.8, 4) is 22.9 Å². The van der Waals surface area contributed by atoms with Gasteiger partial charge in [-0.1, -0.05) is 30.0 Å². The molecule has 172 valence electrons. The van der Waals surface area contributed by atoms with E-state index in [0.717, 1.165) is 18.1 Å².